The molecule has 3 fully saturated rings. The minimum atomic E-state index is 0.159. The number of carbonyl (C=O) groups is 2. The Bertz CT molecular complexity index is 1080. The molecular formula is C29H42N6O3. The van der Waals surface area contributed by atoms with E-state index in [0.717, 1.165) is 95.0 Å². The van der Waals surface area contributed by atoms with E-state index in [1.807, 2.05) is 34.8 Å². The molecule has 3 aliphatic rings. The molecule has 1 aromatic heterocycles. The zero-order valence-electron chi connectivity index (χ0n) is 22.9. The summed E-state index contributed by atoms with van der Waals surface area (Å²) in [5.74, 6) is 1.57. The van der Waals surface area contributed by atoms with Gasteiger partial charge in [-0.3, -0.25) is 19.2 Å². The van der Waals surface area contributed by atoms with Crippen LogP contribution in [0, 0.1) is 5.92 Å². The minimum absolute atomic E-state index is 0.159. The number of anilines is 1. The van der Waals surface area contributed by atoms with Crippen LogP contribution < -0.4 is 9.64 Å². The fourth-order valence-electron chi connectivity index (χ4n) is 6.22. The Morgan fingerprint density at radius 2 is 1.66 bits per heavy atom. The number of piperazine rings is 2. The van der Waals surface area contributed by atoms with Crippen molar-refractivity contribution in [3.05, 3.63) is 42.2 Å². The van der Waals surface area contributed by atoms with Crippen molar-refractivity contribution < 1.29 is 14.3 Å². The lowest BCUT2D eigenvalue weighted by molar-refractivity contribution is -0.137. The Hall–Kier alpha value is -3.07. The van der Waals surface area contributed by atoms with E-state index in [1.54, 1.807) is 6.92 Å². The Labute approximate surface area is 226 Å². The highest BCUT2D eigenvalue weighted by Gasteiger charge is 2.34. The van der Waals surface area contributed by atoms with E-state index in [-0.39, 0.29) is 11.8 Å². The van der Waals surface area contributed by atoms with Gasteiger partial charge in [0.2, 0.25) is 11.8 Å². The average molecular weight is 523 g/mol. The van der Waals surface area contributed by atoms with Gasteiger partial charge in [-0.05, 0) is 50.3 Å². The van der Waals surface area contributed by atoms with E-state index in [9.17, 15) is 9.59 Å². The molecule has 0 N–H and O–H groups in total. The molecular weight excluding hydrogens is 480 g/mol. The van der Waals surface area contributed by atoms with Gasteiger partial charge >= 0.3 is 0 Å². The monoisotopic (exact) mass is 522 g/mol. The van der Waals surface area contributed by atoms with E-state index in [4.69, 9.17) is 4.74 Å². The highest BCUT2D eigenvalue weighted by Crippen LogP contribution is 2.30. The van der Waals surface area contributed by atoms with E-state index in [2.05, 4.69) is 38.1 Å². The van der Waals surface area contributed by atoms with E-state index in [0.29, 0.717) is 25.1 Å². The van der Waals surface area contributed by atoms with Crippen LogP contribution >= 0.6 is 0 Å². The largest absolute Gasteiger partial charge is 0.494 e. The number of carbonyl (C=O) groups excluding carboxylic acids is 2. The molecule has 0 bridgehead atoms. The van der Waals surface area contributed by atoms with Gasteiger partial charge in [-0.2, -0.15) is 5.10 Å². The van der Waals surface area contributed by atoms with E-state index >= 15 is 0 Å². The number of aromatic nitrogens is 2. The van der Waals surface area contributed by atoms with Crippen LogP contribution in [0.2, 0.25) is 0 Å². The van der Waals surface area contributed by atoms with Gasteiger partial charge < -0.3 is 19.4 Å². The topological polar surface area (TPSA) is 74.2 Å². The van der Waals surface area contributed by atoms with Crippen LogP contribution in [0.3, 0.4) is 0 Å². The highest BCUT2D eigenvalue weighted by molar-refractivity contribution is 5.79. The first-order valence-corrected chi connectivity index (χ1v) is 14.3. The lowest BCUT2D eigenvalue weighted by Gasteiger charge is -2.42. The van der Waals surface area contributed by atoms with Crippen molar-refractivity contribution in [1.29, 1.82) is 0 Å². The van der Waals surface area contributed by atoms with Crippen molar-refractivity contribution in [2.75, 3.05) is 63.9 Å². The summed E-state index contributed by atoms with van der Waals surface area (Å²) in [5, 5.41) is 4.58. The number of benzene rings is 1. The van der Waals surface area contributed by atoms with Crippen LogP contribution in [0.15, 0.2) is 36.7 Å². The van der Waals surface area contributed by atoms with Gasteiger partial charge in [0.05, 0.1) is 25.0 Å². The van der Waals surface area contributed by atoms with Gasteiger partial charge in [0.25, 0.3) is 0 Å². The van der Waals surface area contributed by atoms with Gasteiger partial charge in [-0.1, -0.05) is 12.1 Å². The van der Waals surface area contributed by atoms with Gasteiger partial charge in [0.1, 0.15) is 5.75 Å². The molecule has 2 aliphatic heterocycles. The molecule has 2 aromatic rings. The smallest absolute Gasteiger partial charge is 0.225 e. The van der Waals surface area contributed by atoms with Crippen LogP contribution in [-0.4, -0.2) is 101 Å². The molecule has 2 saturated heterocycles. The molecule has 9 nitrogen and oxygen atoms in total. The predicted molar refractivity (Wildman–Crippen MR) is 147 cm³/mol. The number of nitrogens with zero attached hydrogens (tertiary/aromatic N) is 6. The predicted octanol–water partition coefficient (Wildman–Crippen LogP) is 2.70. The molecule has 0 radical (unpaired) electrons. The summed E-state index contributed by atoms with van der Waals surface area (Å²) in [7, 11) is 0. The Balaban J connectivity index is 1.06. The van der Waals surface area contributed by atoms with Gasteiger partial charge in [-0.25, -0.2) is 0 Å². The summed E-state index contributed by atoms with van der Waals surface area (Å²) >= 11 is 0. The van der Waals surface area contributed by atoms with Crippen molar-refractivity contribution >= 4 is 17.5 Å². The molecule has 0 unspecified atom stereocenters. The van der Waals surface area contributed by atoms with Crippen molar-refractivity contribution in [3.63, 3.8) is 0 Å². The van der Waals surface area contributed by atoms with Crippen LogP contribution in [0.25, 0.3) is 0 Å². The van der Waals surface area contributed by atoms with Gasteiger partial charge in [-0.15, -0.1) is 0 Å². The number of ether oxygens (including phenoxy) is 1. The van der Waals surface area contributed by atoms with E-state index in [1.165, 1.54) is 0 Å². The zero-order chi connectivity index (χ0) is 26.5. The molecule has 1 aliphatic carbocycles. The van der Waals surface area contributed by atoms with Crippen molar-refractivity contribution in [2.45, 2.75) is 52.1 Å². The fourth-order valence-corrected chi connectivity index (χ4v) is 6.22. The maximum absolute atomic E-state index is 13.3. The first-order chi connectivity index (χ1) is 18.5. The summed E-state index contributed by atoms with van der Waals surface area (Å²) in [6.45, 7) is 11.8. The fraction of sp³-hybridized carbons (Fsp3) is 0.621. The zero-order valence-corrected chi connectivity index (χ0v) is 22.9. The molecule has 1 aromatic carbocycles. The molecule has 0 atom stereocenters. The third kappa shape index (κ3) is 6.31. The second kappa shape index (κ2) is 12.2. The second-order valence-electron chi connectivity index (χ2n) is 10.8. The Morgan fingerprint density at radius 3 is 2.34 bits per heavy atom. The first-order valence-electron chi connectivity index (χ1n) is 14.3. The summed E-state index contributed by atoms with van der Waals surface area (Å²) < 4.78 is 7.59. The molecule has 1 saturated carbocycles. The Morgan fingerprint density at radius 1 is 0.947 bits per heavy atom. The van der Waals surface area contributed by atoms with Gasteiger partial charge in [0, 0.05) is 77.4 Å². The second-order valence-corrected chi connectivity index (χ2v) is 10.8. The lowest BCUT2D eigenvalue weighted by atomic mass is 9.84. The number of hydrogen-bond donors (Lipinski definition) is 0. The summed E-state index contributed by atoms with van der Waals surface area (Å²) in [6.07, 6.45) is 8.16. The summed E-state index contributed by atoms with van der Waals surface area (Å²) in [6, 6.07) is 8.72. The highest BCUT2D eigenvalue weighted by atomic mass is 16.5. The maximum atomic E-state index is 13.3. The SMILES string of the molecule is CCOc1cccc(Cn2cc(N3CCN(C(=O)[C@H]4CC[C@H](N5CCN(C(C)=O)CC5)CC4)CC3)cn2)c1. The quantitative estimate of drug-likeness (QED) is 0.557. The van der Waals surface area contributed by atoms with Crippen LogP contribution in [0.5, 0.6) is 5.75 Å². The first kappa shape index (κ1) is 26.5. The van der Waals surface area contributed by atoms with Crippen LogP contribution in [0.1, 0.15) is 45.1 Å². The number of rotatable bonds is 7. The third-order valence-electron chi connectivity index (χ3n) is 8.45. The Kier molecular flexibility index (Phi) is 8.51. The minimum Gasteiger partial charge on any atom is -0.494 e. The molecule has 2 amide bonds. The maximum Gasteiger partial charge on any atom is 0.225 e. The lowest BCUT2D eigenvalue weighted by Crippen LogP contribution is -2.53. The normalized spacial score (nSPS) is 22.9. The molecule has 3 heterocycles. The van der Waals surface area contributed by atoms with E-state index < -0.39 is 0 Å². The molecule has 9 heteroatoms. The van der Waals surface area contributed by atoms with Crippen molar-refractivity contribution in [1.82, 2.24) is 24.5 Å². The molecule has 0 spiro atoms. The summed E-state index contributed by atoms with van der Waals surface area (Å²) in [5.41, 5.74) is 2.28. The standard InChI is InChI=1S/C29H42N6O3/c1-3-38-28-6-4-5-24(19-28)21-35-22-27(20-30-35)33-15-17-34(18-16-33)29(37)25-7-9-26(10-8-25)32-13-11-31(12-14-32)23(2)36/h4-6,19-20,22,25-26H,3,7-18,21H2,1-2H3/t25-,26-. The van der Waals surface area contributed by atoms with Crippen molar-refractivity contribution in [2.24, 2.45) is 5.92 Å². The molecule has 38 heavy (non-hydrogen) atoms. The molecule has 5 rings (SSSR count). The van der Waals surface area contributed by atoms with Gasteiger partial charge in [0.15, 0.2) is 0 Å². The number of hydrogen-bond acceptors (Lipinski definition) is 6. The number of amides is 2. The van der Waals surface area contributed by atoms with Crippen molar-refractivity contribution in [3.8, 4) is 5.75 Å². The molecule has 206 valence electrons. The third-order valence-corrected chi connectivity index (χ3v) is 8.45. The van der Waals surface area contributed by atoms with Crippen LogP contribution in [0.4, 0.5) is 5.69 Å². The van der Waals surface area contributed by atoms with Crippen LogP contribution in [-0.2, 0) is 16.1 Å². The summed E-state index contributed by atoms with van der Waals surface area (Å²) in [4.78, 5) is 33.8. The average Bonchev–Trinajstić information content (AvgIpc) is 3.42.